The van der Waals surface area contributed by atoms with Crippen LogP contribution in [-0.4, -0.2) is 35.8 Å². The van der Waals surface area contributed by atoms with Gasteiger partial charge in [-0.15, -0.1) is 0 Å². The number of nitrogens with one attached hydrogen (secondary N) is 1. The first-order valence-corrected chi connectivity index (χ1v) is 16.8. The average molecular weight is 613 g/mol. The topological polar surface area (TPSA) is 94.7 Å². The number of aromatic nitrogens is 5. The first-order chi connectivity index (χ1) is 22.4. The van der Waals surface area contributed by atoms with Gasteiger partial charge in [0.2, 0.25) is 0 Å². The van der Waals surface area contributed by atoms with Crippen LogP contribution in [0.3, 0.4) is 0 Å². The number of ketones is 1. The highest BCUT2D eigenvalue weighted by molar-refractivity contribution is 6.01. The number of nitrogens with zero attached hydrogens (tertiary/aromatic N) is 5. The van der Waals surface area contributed by atoms with Gasteiger partial charge in [-0.25, -0.2) is 4.98 Å². The fourth-order valence-corrected chi connectivity index (χ4v) is 7.76. The summed E-state index contributed by atoms with van der Waals surface area (Å²) in [6, 6.07) is 12.4. The molecule has 1 N–H and O–H groups in total. The third kappa shape index (κ3) is 5.04. The van der Waals surface area contributed by atoms with Gasteiger partial charge in [0, 0.05) is 42.5 Å². The van der Waals surface area contributed by atoms with Crippen molar-refractivity contribution in [3.63, 3.8) is 0 Å². The van der Waals surface area contributed by atoms with Crippen LogP contribution in [0, 0.1) is 5.92 Å². The van der Waals surface area contributed by atoms with E-state index in [-0.39, 0.29) is 11.7 Å². The van der Waals surface area contributed by atoms with Crippen LogP contribution in [0.25, 0.3) is 39.4 Å². The van der Waals surface area contributed by atoms with Crippen LogP contribution in [0.2, 0.25) is 0 Å². The van der Waals surface area contributed by atoms with Gasteiger partial charge >= 0.3 is 0 Å². The van der Waals surface area contributed by atoms with Crippen LogP contribution < -0.4 is 5.32 Å². The fraction of sp³-hybridized carbons (Fsp3) is 0.395. The Bertz CT molecular complexity index is 2010. The van der Waals surface area contributed by atoms with E-state index in [4.69, 9.17) is 4.98 Å². The molecule has 0 saturated heterocycles. The lowest BCUT2D eigenvalue weighted by Gasteiger charge is -2.42. The highest BCUT2D eigenvalue weighted by Gasteiger charge is 2.45. The molecule has 0 aliphatic heterocycles. The molecule has 3 aliphatic rings. The minimum Gasteiger partial charge on any atom is -0.342 e. The SMILES string of the molecule is CC(=O)/C=C/c1ccc2nc(C3(NC(=O)c4ccc5c(C6CCCC6)c(-c6cnccn6)n(C)c5c4)CCC3)n(CC3CC3)c2c1. The molecule has 3 heterocycles. The predicted octanol–water partition coefficient (Wildman–Crippen LogP) is 7.46. The first-order valence-electron chi connectivity index (χ1n) is 16.8. The molecule has 0 radical (unpaired) electrons. The maximum atomic E-state index is 14.1. The molecule has 1 amide bonds. The molecule has 8 heteroatoms. The van der Waals surface area contributed by atoms with Gasteiger partial charge in [0.25, 0.3) is 5.91 Å². The number of hydrogen-bond donors (Lipinski definition) is 1. The van der Waals surface area contributed by atoms with E-state index < -0.39 is 5.54 Å². The number of hydrogen-bond acceptors (Lipinski definition) is 5. The molecule has 3 saturated carbocycles. The van der Waals surface area contributed by atoms with Gasteiger partial charge in [0.05, 0.1) is 28.5 Å². The number of imidazole rings is 1. The van der Waals surface area contributed by atoms with Gasteiger partial charge in [0.15, 0.2) is 5.78 Å². The number of carbonyl (C=O) groups is 2. The lowest BCUT2D eigenvalue weighted by molar-refractivity contribution is -0.112. The Kier molecular flexibility index (Phi) is 7.11. The summed E-state index contributed by atoms with van der Waals surface area (Å²) >= 11 is 0. The second-order valence-electron chi connectivity index (χ2n) is 13.7. The smallest absolute Gasteiger partial charge is 0.252 e. The Morgan fingerprint density at radius 2 is 1.83 bits per heavy atom. The van der Waals surface area contributed by atoms with Gasteiger partial charge in [-0.2, -0.15) is 0 Å². The molecule has 0 unspecified atom stereocenters. The van der Waals surface area contributed by atoms with Gasteiger partial charge in [-0.1, -0.05) is 31.1 Å². The highest BCUT2D eigenvalue weighted by Crippen LogP contribution is 2.46. The van der Waals surface area contributed by atoms with Crippen LogP contribution in [0.1, 0.15) is 97.9 Å². The van der Waals surface area contributed by atoms with Crippen molar-refractivity contribution in [1.29, 1.82) is 0 Å². The Morgan fingerprint density at radius 1 is 1.00 bits per heavy atom. The molecule has 0 atom stereocenters. The van der Waals surface area contributed by atoms with E-state index in [1.165, 1.54) is 49.5 Å². The first kappa shape index (κ1) is 28.9. The average Bonchev–Trinajstić information content (AvgIpc) is 3.44. The van der Waals surface area contributed by atoms with Gasteiger partial charge in [-0.05, 0) is 105 Å². The number of fused-ring (bicyclic) bond motifs is 2. The van der Waals surface area contributed by atoms with Gasteiger partial charge in [0.1, 0.15) is 11.5 Å². The van der Waals surface area contributed by atoms with Crippen molar-refractivity contribution >= 4 is 39.7 Å². The summed E-state index contributed by atoms with van der Waals surface area (Å²) in [5.74, 6) is 2.03. The molecule has 8 nitrogen and oxygen atoms in total. The molecule has 3 aromatic heterocycles. The molecule has 0 bridgehead atoms. The monoisotopic (exact) mass is 612 g/mol. The van der Waals surface area contributed by atoms with Gasteiger partial charge in [-0.3, -0.25) is 19.6 Å². The van der Waals surface area contributed by atoms with Crippen LogP contribution in [0.4, 0.5) is 0 Å². The molecule has 2 aromatic carbocycles. The summed E-state index contributed by atoms with van der Waals surface area (Å²) in [6.07, 6.45) is 18.8. The Balaban J connectivity index is 1.17. The minimum absolute atomic E-state index is 0.0247. The predicted molar refractivity (Wildman–Crippen MR) is 180 cm³/mol. The zero-order valence-electron chi connectivity index (χ0n) is 26.6. The maximum Gasteiger partial charge on any atom is 0.252 e. The molecular formula is C38H40N6O2. The third-order valence-electron chi connectivity index (χ3n) is 10.5. The van der Waals surface area contributed by atoms with Crippen molar-refractivity contribution in [1.82, 2.24) is 29.4 Å². The summed E-state index contributed by atoms with van der Waals surface area (Å²) in [4.78, 5) is 39.9. The van der Waals surface area contributed by atoms with E-state index in [0.29, 0.717) is 17.4 Å². The zero-order valence-corrected chi connectivity index (χ0v) is 26.6. The Labute approximate surface area is 269 Å². The van der Waals surface area contributed by atoms with Crippen molar-refractivity contribution < 1.29 is 9.59 Å². The molecule has 3 aliphatic carbocycles. The third-order valence-corrected chi connectivity index (χ3v) is 10.5. The summed E-state index contributed by atoms with van der Waals surface area (Å²) in [5.41, 5.74) is 7.48. The highest BCUT2D eigenvalue weighted by atomic mass is 16.2. The number of allylic oxidation sites excluding steroid dienone is 1. The number of aryl methyl sites for hydroxylation is 1. The van der Waals surface area contributed by atoms with E-state index in [2.05, 4.69) is 49.7 Å². The lowest BCUT2D eigenvalue weighted by Crippen LogP contribution is -2.52. The van der Waals surface area contributed by atoms with Crippen LogP contribution in [-0.2, 0) is 23.9 Å². The van der Waals surface area contributed by atoms with E-state index in [1.54, 1.807) is 25.4 Å². The van der Waals surface area contributed by atoms with E-state index in [9.17, 15) is 9.59 Å². The number of rotatable bonds is 9. The van der Waals surface area contributed by atoms with E-state index >= 15 is 0 Å². The Morgan fingerprint density at radius 3 is 2.52 bits per heavy atom. The van der Waals surface area contributed by atoms with Crippen LogP contribution in [0.5, 0.6) is 0 Å². The molecule has 0 spiro atoms. The minimum atomic E-state index is -0.511. The lowest BCUT2D eigenvalue weighted by atomic mass is 9.75. The number of carbonyl (C=O) groups excluding carboxylic acids is 2. The van der Waals surface area contributed by atoms with Crippen molar-refractivity contribution in [3.8, 4) is 11.4 Å². The van der Waals surface area contributed by atoms with Crippen LogP contribution in [0.15, 0.2) is 61.1 Å². The summed E-state index contributed by atoms with van der Waals surface area (Å²) < 4.78 is 4.55. The molecule has 46 heavy (non-hydrogen) atoms. The maximum absolute atomic E-state index is 14.1. The van der Waals surface area contributed by atoms with Crippen molar-refractivity contribution in [2.45, 2.75) is 82.7 Å². The molecule has 234 valence electrons. The number of amides is 1. The summed E-state index contributed by atoms with van der Waals surface area (Å²) in [7, 11) is 2.08. The van der Waals surface area contributed by atoms with Crippen LogP contribution >= 0.6 is 0 Å². The summed E-state index contributed by atoms with van der Waals surface area (Å²) in [6.45, 7) is 2.46. The summed E-state index contributed by atoms with van der Waals surface area (Å²) in [5, 5.41) is 4.69. The van der Waals surface area contributed by atoms with Gasteiger partial charge < -0.3 is 14.5 Å². The Hall–Kier alpha value is -4.59. The zero-order chi connectivity index (χ0) is 31.4. The quantitative estimate of drug-likeness (QED) is 0.174. The number of benzene rings is 2. The molecule has 8 rings (SSSR count). The largest absolute Gasteiger partial charge is 0.342 e. The van der Waals surface area contributed by atoms with Crippen molar-refractivity contribution in [2.75, 3.05) is 0 Å². The molecule has 5 aromatic rings. The second kappa shape index (κ2) is 11.3. The molecular weight excluding hydrogens is 572 g/mol. The normalized spacial score (nSPS) is 18.0. The van der Waals surface area contributed by atoms with Crippen molar-refractivity contribution in [3.05, 3.63) is 83.6 Å². The fourth-order valence-electron chi connectivity index (χ4n) is 7.76. The van der Waals surface area contributed by atoms with E-state index in [1.807, 2.05) is 30.5 Å². The molecule has 3 fully saturated rings. The van der Waals surface area contributed by atoms with Crippen molar-refractivity contribution in [2.24, 2.45) is 13.0 Å². The van der Waals surface area contributed by atoms with E-state index in [0.717, 1.165) is 65.1 Å². The standard InChI is InChI=1S/C38H40N6O2/c1-24(45)8-9-25-12-15-30-33(20-25)44(23-26-10-11-26)37(41-30)38(16-5-17-38)42-36(46)28-13-14-29-32(21-28)43(2)35(31-22-39-18-19-40-31)34(29)27-6-3-4-7-27/h8-9,12-15,18-22,26-27H,3-7,10-11,16-17,23H2,1-2H3,(H,42,46)/b9-8+. The second-order valence-corrected chi connectivity index (χ2v) is 13.7.